The monoisotopic (exact) mass is 506 g/mol. The molecule has 2 aromatic heterocycles. The number of ether oxygens (including phenoxy) is 3. The topological polar surface area (TPSA) is 95.5 Å². The maximum atomic E-state index is 12.4. The Kier molecular flexibility index (Phi) is 6.82. The van der Waals surface area contributed by atoms with Crippen molar-refractivity contribution >= 4 is 34.7 Å². The lowest BCUT2D eigenvalue weighted by Crippen LogP contribution is -2.17. The highest BCUT2D eigenvalue weighted by Crippen LogP contribution is 2.35. The SMILES string of the molecule is COc1ccc(-c2nc(C)c(-c3ccc(SCC(=O)Nc4ccc5c(c4)OCCO5)nn3)s2)cc1. The first-order chi connectivity index (χ1) is 17.1. The second kappa shape index (κ2) is 10.3. The Balaban J connectivity index is 1.20. The van der Waals surface area contributed by atoms with E-state index in [-0.39, 0.29) is 11.7 Å². The number of methoxy groups -OCH3 is 1. The highest BCUT2D eigenvalue weighted by molar-refractivity contribution is 7.99. The number of fused-ring (bicyclic) bond motifs is 1. The molecule has 178 valence electrons. The van der Waals surface area contributed by atoms with E-state index in [1.165, 1.54) is 11.8 Å². The Morgan fingerprint density at radius 1 is 1.06 bits per heavy atom. The molecule has 0 fully saturated rings. The largest absolute Gasteiger partial charge is 0.497 e. The number of nitrogens with zero attached hydrogens (tertiary/aromatic N) is 3. The van der Waals surface area contributed by atoms with Crippen molar-refractivity contribution < 1.29 is 19.0 Å². The van der Waals surface area contributed by atoms with Crippen LogP contribution in [-0.2, 0) is 4.79 Å². The third kappa shape index (κ3) is 5.39. The van der Waals surface area contributed by atoms with Crippen LogP contribution in [0.2, 0.25) is 0 Å². The van der Waals surface area contributed by atoms with E-state index in [0.717, 1.165) is 32.6 Å². The van der Waals surface area contributed by atoms with Gasteiger partial charge in [0.2, 0.25) is 5.91 Å². The predicted molar refractivity (Wildman–Crippen MR) is 137 cm³/mol. The van der Waals surface area contributed by atoms with Crippen molar-refractivity contribution in [2.45, 2.75) is 11.9 Å². The fraction of sp³-hybridized carbons (Fsp3) is 0.200. The molecule has 1 aliphatic rings. The molecule has 0 radical (unpaired) electrons. The zero-order valence-electron chi connectivity index (χ0n) is 19.1. The molecule has 4 aromatic rings. The summed E-state index contributed by atoms with van der Waals surface area (Å²) < 4.78 is 16.3. The van der Waals surface area contributed by atoms with E-state index in [1.807, 2.05) is 43.3 Å². The maximum absolute atomic E-state index is 12.4. The van der Waals surface area contributed by atoms with Crippen LogP contribution in [0.5, 0.6) is 17.2 Å². The third-order valence-electron chi connectivity index (χ3n) is 5.18. The van der Waals surface area contributed by atoms with Gasteiger partial charge in [0.15, 0.2) is 11.5 Å². The first kappa shape index (κ1) is 23.1. The number of nitrogens with one attached hydrogen (secondary N) is 1. The summed E-state index contributed by atoms with van der Waals surface area (Å²) in [5, 5.41) is 13.1. The molecule has 0 aliphatic carbocycles. The van der Waals surface area contributed by atoms with Gasteiger partial charge in [0.25, 0.3) is 0 Å². The fourth-order valence-corrected chi connectivity index (χ4v) is 5.12. The lowest BCUT2D eigenvalue weighted by molar-refractivity contribution is -0.113. The van der Waals surface area contributed by atoms with Gasteiger partial charge in [-0.15, -0.1) is 21.5 Å². The Labute approximate surface area is 210 Å². The van der Waals surface area contributed by atoms with Gasteiger partial charge in [-0.05, 0) is 55.5 Å². The van der Waals surface area contributed by atoms with Gasteiger partial charge in [-0.1, -0.05) is 11.8 Å². The van der Waals surface area contributed by atoms with Crippen LogP contribution < -0.4 is 19.5 Å². The van der Waals surface area contributed by atoms with Crippen LogP contribution in [0.1, 0.15) is 5.69 Å². The molecular weight excluding hydrogens is 484 g/mol. The van der Waals surface area contributed by atoms with E-state index < -0.39 is 0 Å². The zero-order valence-corrected chi connectivity index (χ0v) is 20.7. The number of aryl methyl sites for hydroxylation is 1. The lowest BCUT2D eigenvalue weighted by atomic mass is 10.2. The molecule has 8 nitrogen and oxygen atoms in total. The van der Waals surface area contributed by atoms with Crippen LogP contribution >= 0.6 is 23.1 Å². The Morgan fingerprint density at radius 2 is 1.86 bits per heavy atom. The van der Waals surface area contributed by atoms with Gasteiger partial charge < -0.3 is 19.5 Å². The van der Waals surface area contributed by atoms with Crippen LogP contribution in [0.25, 0.3) is 21.1 Å². The lowest BCUT2D eigenvalue weighted by Gasteiger charge is -2.18. The maximum Gasteiger partial charge on any atom is 0.234 e. The number of rotatable bonds is 7. The molecule has 3 heterocycles. The molecule has 1 aliphatic heterocycles. The molecule has 0 atom stereocenters. The summed E-state index contributed by atoms with van der Waals surface area (Å²) in [4.78, 5) is 18.1. The fourth-order valence-electron chi connectivity index (χ4n) is 3.47. The second-order valence-corrected chi connectivity index (χ2v) is 9.61. The van der Waals surface area contributed by atoms with E-state index in [1.54, 1.807) is 36.6 Å². The first-order valence-electron chi connectivity index (χ1n) is 10.9. The standard InChI is InChI=1S/C25H22N4O4S2/c1-15-24(35-25(26-15)16-3-6-18(31-2)7-4-16)19-8-10-23(29-28-19)34-14-22(30)27-17-5-9-20-21(13-17)33-12-11-32-20/h3-10,13H,11-12,14H2,1-2H3,(H,27,30). The van der Waals surface area contributed by atoms with E-state index in [2.05, 4.69) is 15.5 Å². The van der Waals surface area contributed by atoms with Crippen molar-refractivity contribution in [3.05, 3.63) is 60.3 Å². The molecule has 0 unspecified atom stereocenters. The number of hydrogen-bond acceptors (Lipinski definition) is 9. The summed E-state index contributed by atoms with van der Waals surface area (Å²) in [7, 11) is 1.65. The molecule has 1 amide bonds. The Morgan fingerprint density at radius 3 is 2.60 bits per heavy atom. The average Bonchev–Trinajstić information content (AvgIpc) is 3.29. The molecule has 35 heavy (non-hydrogen) atoms. The van der Waals surface area contributed by atoms with Crippen LogP contribution in [0.3, 0.4) is 0 Å². The van der Waals surface area contributed by atoms with E-state index in [9.17, 15) is 4.79 Å². The van der Waals surface area contributed by atoms with Gasteiger partial charge in [-0.3, -0.25) is 4.79 Å². The molecule has 0 saturated heterocycles. The van der Waals surface area contributed by atoms with Crippen LogP contribution in [0, 0.1) is 6.92 Å². The minimum atomic E-state index is -0.139. The summed E-state index contributed by atoms with van der Waals surface area (Å²) in [6.45, 7) is 2.99. The first-order valence-corrected chi connectivity index (χ1v) is 12.7. The quantitative estimate of drug-likeness (QED) is 0.347. The number of hydrogen-bond donors (Lipinski definition) is 1. The second-order valence-electron chi connectivity index (χ2n) is 7.61. The number of anilines is 1. The Hall–Kier alpha value is -3.63. The van der Waals surface area contributed by atoms with Crippen molar-refractivity contribution in [1.82, 2.24) is 15.2 Å². The van der Waals surface area contributed by atoms with Gasteiger partial charge in [-0.2, -0.15) is 0 Å². The molecule has 1 N–H and O–H groups in total. The number of thioether (sulfide) groups is 1. The van der Waals surface area contributed by atoms with E-state index in [0.29, 0.717) is 35.4 Å². The number of benzene rings is 2. The number of amides is 1. The van der Waals surface area contributed by atoms with Gasteiger partial charge in [0, 0.05) is 17.3 Å². The number of carbonyl (C=O) groups is 1. The summed E-state index contributed by atoms with van der Waals surface area (Å²) in [6.07, 6.45) is 0. The van der Waals surface area contributed by atoms with Gasteiger partial charge in [0.1, 0.15) is 34.7 Å². The van der Waals surface area contributed by atoms with Crippen LogP contribution in [-0.4, -0.2) is 47.2 Å². The van der Waals surface area contributed by atoms with Gasteiger partial charge in [0.05, 0.1) is 23.4 Å². The number of thiazole rings is 1. The molecule has 0 spiro atoms. The normalized spacial score (nSPS) is 12.3. The predicted octanol–water partition coefficient (Wildman–Crippen LogP) is 5.09. The minimum absolute atomic E-state index is 0.139. The Bertz CT molecular complexity index is 1340. The van der Waals surface area contributed by atoms with Gasteiger partial charge in [-0.25, -0.2) is 4.98 Å². The molecule has 2 aromatic carbocycles. The molecule has 0 bridgehead atoms. The third-order valence-corrected chi connectivity index (χ3v) is 7.33. The summed E-state index contributed by atoms with van der Waals surface area (Å²) in [5.74, 6) is 2.20. The minimum Gasteiger partial charge on any atom is -0.497 e. The summed E-state index contributed by atoms with van der Waals surface area (Å²) in [6, 6.07) is 16.9. The molecule has 10 heteroatoms. The van der Waals surface area contributed by atoms with Crippen LogP contribution in [0.15, 0.2) is 59.6 Å². The van der Waals surface area contributed by atoms with Gasteiger partial charge >= 0.3 is 0 Å². The van der Waals surface area contributed by atoms with Crippen molar-refractivity contribution in [2.75, 3.05) is 31.4 Å². The van der Waals surface area contributed by atoms with E-state index >= 15 is 0 Å². The van der Waals surface area contributed by atoms with Crippen molar-refractivity contribution in [1.29, 1.82) is 0 Å². The van der Waals surface area contributed by atoms with Crippen molar-refractivity contribution in [2.24, 2.45) is 0 Å². The average molecular weight is 507 g/mol. The molecular formula is C25H22N4O4S2. The highest BCUT2D eigenvalue weighted by Gasteiger charge is 2.15. The summed E-state index contributed by atoms with van der Waals surface area (Å²) >= 11 is 2.89. The van der Waals surface area contributed by atoms with Crippen molar-refractivity contribution in [3.63, 3.8) is 0 Å². The molecule has 5 rings (SSSR count). The smallest absolute Gasteiger partial charge is 0.234 e. The van der Waals surface area contributed by atoms with Crippen molar-refractivity contribution in [3.8, 4) is 38.4 Å². The summed E-state index contributed by atoms with van der Waals surface area (Å²) in [5.41, 5.74) is 3.34. The number of aromatic nitrogens is 3. The van der Waals surface area contributed by atoms with E-state index in [4.69, 9.17) is 19.2 Å². The highest BCUT2D eigenvalue weighted by atomic mass is 32.2. The molecule has 0 saturated carbocycles. The number of carbonyl (C=O) groups excluding carboxylic acids is 1. The zero-order chi connectivity index (χ0) is 24.2. The van der Waals surface area contributed by atoms with Crippen LogP contribution in [0.4, 0.5) is 5.69 Å².